The molecule has 15 atom stereocenters. The van der Waals surface area contributed by atoms with Crippen LogP contribution in [0.4, 0.5) is 0 Å². The number of benzene rings is 3. The van der Waals surface area contributed by atoms with E-state index in [1.807, 2.05) is 105 Å². The molecule has 3 aromatic rings. The van der Waals surface area contributed by atoms with Crippen LogP contribution in [0.15, 0.2) is 96.1 Å². The normalized spacial score (nSPS) is 33.2. The number of carbonyl (C=O) groups is 2. The third-order valence-electron chi connectivity index (χ3n) is 11.0. The number of hydrogen-bond acceptors (Lipinski definition) is 15. The van der Waals surface area contributed by atoms with Crippen molar-refractivity contribution < 1.29 is 61.7 Å². The fourth-order valence-corrected chi connectivity index (χ4v) is 9.15. The number of ether oxygens (including phenoxy) is 11. The smallest absolute Gasteiger partial charge is 0.303 e. The Hall–Kier alpha value is -4.10. The summed E-state index contributed by atoms with van der Waals surface area (Å²) in [5.74, 6) is -0.598. The lowest BCUT2D eigenvalue weighted by molar-refractivity contribution is -0.372. The molecule has 0 radical (unpaired) electrons. The van der Waals surface area contributed by atoms with Crippen molar-refractivity contribution in [2.24, 2.45) is 5.11 Å². The van der Waals surface area contributed by atoms with Gasteiger partial charge in [-0.2, -0.15) is 0 Å². The zero-order valence-corrected chi connectivity index (χ0v) is 37.5. The van der Waals surface area contributed by atoms with Gasteiger partial charge in [0.1, 0.15) is 54.2 Å². The number of methoxy groups -OCH3 is 1. The predicted molar refractivity (Wildman–Crippen MR) is 231 cm³/mol. The Morgan fingerprint density at radius 3 is 1.51 bits per heavy atom. The zero-order valence-electron chi connectivity index (χ0n) is 36.7. The topological polar surface area (TPSA) is 184 Å². The molecule has 6 rings (SSSR count). The summed E-state index contributed by atoms with van der Waals surface area (Å²) in [5, 5.41) is 3.92. The average molecular weight is 894 g/mol. The lowest BCUT2D eigenvalue weighted by Gasteiger charge is -2.51. The minimum absolute atomic E-state index is 0.116. The second-order valence-electron chi connectivity index (χ2n) is 15.6. The van der Waals surface area contributed by atoms with Gasteiger partial charge in [0.25, 0.3) is 0 Å². The number of nitrogens with zero attached hydrogens (tertiary/aromatic N) is 3. The number of rotatable bonds is 19. The number of carbonyl (C=O) groups excluding carboxylic acids is 2. The monoisotopic (exact) mass is 893 g/mol. The van der Waals surface area contributed by atoms with Crippen LogP contribution < -0.4 is 0 Å². The molecule has 3 heterocycles. The number of thioether (sulfide) groups is 1. The second-order valence-corrected chi connectivity index (χ2v) is 17.0. The molecule has 17 heteroatoms. The maximum Gasteiger partial charge on any atom is 0.303 e. The zero-order chi connectivity index (χ0) is 44.9. The lowest BCUT2D eigenvalue weighted by Crippen LogP contribution is -2.66. The molecule has 16 nitrogen and oxygen atoms in total. The first-order valence-corrected chi connectivity index (χ1v) is 22.3. The van der Waals surface area contributed by atoms with Crippen LogP contribution >= 0.6 is 11.8 Å². The van der Waals surface area contributed by atoms with Gasteiger partial charge < -0.3 is 52.1 Å². The van der Waals surface area contributed by atoms with Gasteiger partial charge in [0, 0.05) is 25.9 Å². The lowest BCUT2D eigenvalue weighted by atomic mass is 9.95. The molecule has 0 aliphatic carbocycles. The Labute approximate surface area is 373 Å². The van der Waals surface area contributed by atoms with Gasteiger partial charge in [-0.1, -0.05) is 103 Å². The summed E-state index contributed by atoms with van der Waals surface area (Å²) in [7, 11) is 1.53. The maximum absolute atomic E-state index is 12.6. The van der Waals surface area contributed by atoms with E-state index in [2.05, 4.69) is 16.9 Å². The molecular formula is C46H59N3O13S. The minimum atomic E-state index is -1.36. The number of azide groups is 1. The van der Waals surface area contributed by atoms with Gasteiger partial charge in [-0.25, -0.2) is 0 Å². The summed E-state index contributed by atoms with van der Waals surface area (Å²) in [4.78, 5) is 27.8. The summed E-state index contributed by atoms with van der Waals surface area (Å²) in [5.41, 5.74) is 12.0. The van der Waals surface area contributed by atoms with Crippen molar-refractivity contribution >= 4 is 23.7 Å². The van der Waals surface area contributed by atoms with E-state index in [9.17, 15) is 15.1 Å². The summed E-state index contributed by atoms with van der Waals surface area (Å²) in [6.45, 7) is 10.6. The van der Waals surface area contributed by atoms with Crippen LogP contribution in [0.5, 0.6) is 0 Å². The van der Waals surface area contributed by atoms with E-state index >= 15 is 0 Å². The Morgan fingerprint density at radius 1 is 0.603 bits per heavy atom. The average Bonchev–Trinajstić information content (AvgIpc) is 3.26. The maximum atomic E-state index is 12.6. The van der Waals surface area contributed by atoms with Gasteiger partial charge in [-0.15, -0.1) is 11.8 Å². The van der Waals surface area contributed by atoms with Gasteiger partial charge in [0.2, 0.25) is 0 Å². The molecule has 0 saturated carbocycles. The molecule has 63 heavy (non-hydrogen) atoms. The molecular weight excluding hydrogens is 835 g/mol. The first-order valence-electron chi connectivity index (χ1n) is 21.3. The fourth-order valence-electron chi connectivity index (χ4n) is 8.15. The Bertz CT molecular complexity index is 1910. The van der Waals surface area contributed by atoms with Crippen LogP contribution in [0.2, 0.25) is 0 Å². The largest absolute Gasteiger partial charge is 0.459 e. The van der Waals surface area contributed by atoms with Crippen LogP contribution in [0, 0.1) is 0 Å². The van der Waals surface area contributed by atoms with E-state index in [-0.39, 0.29) is 19.8 Å². The molecule has 3 aliphatic heterocycles. The SMILES string of the molecule is CCS[C@@H]1O[C@@H](C)[C@H](OCc2ccccc2)[C@@H](O[C@@H]2O[C@@H](C)[C@H](OC)[C@@H](O[C@@H]3O[C@H](C)[C@@H](OC(C)=O)[C@H](N=[N+]=[N-])[C@H]3OC(C)=O)[C@H]2OCc2ccccc2)[C@H]1OCc1ccccc1. The van der Waals surface area contributed by atoms with Crippen molar-refractivity contribution in [3.05, 3.63) is 118 Å². The third kappa shape index (κ3) is 12.8. The van der Waals surface area contributed by atoms with E-state index in [0.717, 1.165) is 22.4 Å². The van der Waals surface area contributed by atoms with E-state index < -0.39 is 103 Å². The van der Waals surface area contributed by atoms with Crippen LogP contribution in [0.3, 0.4) is 0 Å². The van der Waals surface area contributed by atoms with Gasteiger partial charge in [0.05, 0.1) is 38.1 Å². The quantitative estimate of drug-likeness (QED) is 0.0516. The summed E-state index contributed by atoms with van der Waals surface area (Å²) in [6, 6.07) is 28.1. The Balaban J connectivity index is 1.40. The first kappa shape index (κ1) is 48.4. The van der Waals surface area contributed by atoms with Crippen molar-refractivity contribution in [2.75, 3.05) is 12.9 Å². The highest BCUT2D eigenvalue weighted by atomic mass is 32.2. The molecule has 0 N–H and O–H groups in total. The molecule has 0 bridgehead atoms. The number of esters is 2. The highest BCUT2D eigenvalue weighted by molar-refractivity contribution is 7.99. The van der Waals surface area contributed by atoms with Crippen molar-refractivity contribution in [3.63, 3.8) is 0 Å². The van der Waals surface area contributed by atoms with Crippen molar-refractivity contribution in [1.29, 1.82) is 0 Å². The Kier molecular flexibility index (Phi) is 18.2. The van der Waals surface area contributed by atoms with Gasteiger partial charge >= 0.3 is 11.9 Å². The van der Waals surface area contributed by atoms with Crippen LogP contribution in [-0.4, -0.2) is 116 Å². The van der Waals surface area contributed by atoms with Crippen molar-refractivity contribution in [2.45, 2.75) is 153 Å². The summed E-state index contributed by atoms with van der Waals surface area (Å²) < 4.78 is 71.5. The summed E-state index contributed by atoms with van der Waals surface area (Å²) >= 11 is 1.61. The van der Waals surface area contributed by atoms with Gasteiger partial charge in [-0.05, 0) is 48.7 Å². The highest BCUT2D eigenvalue weighted by Crippen LogP contribution is 2.39. The molecule has 342 valence electrons. The predicted octanol–water partition coefficient (Wildman–Crippen LogP) is 7.06. The standard InChI is InChI=1S/C46H59N3O13S/c1-8-63-46-43(55-26-34-22-16-11-17-23-34)41(38(29(4)58-46)53-24-32-18-12-9-13-19-32)62-45-42(54-25-33-20-14-10-15-21-33)40(37(52-7)28(3)57-45)61-44-39(60-31(6)51)35(48-49-47)36(27(2)56-44)59-30(5)50/h9-23,27-29,35-46H,8,24-26H2,1-7H3/t27-,28+,29+,35+,36-,37+,38+,39-,40-,41-,42-,43-,44+,45+,46+/m1/s1. The van der Waals surface area contributed by atoms with Gasteiger partial charge in [0.15, 0.2) is 18.7 Å². The second kappa shape index (κ2) is 23.7. The van der Waals surface area contributed by atoms with E-state index in [4.69, 9.17) is 52.1 Å². The molecule has 0 aromatic heterocycles. The molecule has 3 saturated heterocycles. The fraction of sp³-hybridized carbons (Fsp3) is 0.565. The van der Waals surface area contributed by atoms with E-state index in [1.165, 1.54) is 21.0 Å². The van der Waals surface area contributed by atoms with E-state index in [1.54, 1.807) is 18.7 Å². The highest BCUT2D eigenvalue weighted by Gasteiger charge is 2.56. The van der Waals surface area contributed by atoms with Crippen LogP contribution in [0.25, 0.3) is 10.4 Å². The molecule has 0 spiro atoms. The molecule has 3 aliphatic rings. The molecule has 0 unspecified atom stereocenters. The summed E-state index contributed by atoms with van der Waals surface area (Å²) in [6.07, 6.45) is -11.8. The van der Waals surface area contributed by atoms with E-state index in [0.29, 0.717) is 0 Å². The van der Waals surface area contributed by atoms with Crippen LogP contribution in [0.1, 0.15) is 58.2 Å². The van der Waals surface area contributed by atoms with Crippen molar-refractivity contribution in [3.8, 4) is 0 Å². The molecule has 3 aromatic carbocycles. The van der Waals surface area contributed by atoms with Crippen molar-refractivity contribution in [1.82, 2.24) is 0 Å². The van der Waals surface area contributed by atoms with Gasteiger partial charge in [-0.3, -0.25) is 9.59 Å². The molecule has 0 amide bonds. The first-order chi connectivity index (χ1) is 30.5. The van der Waals surface area contributed by atoms with Crippen LogP contribution in [-0.2, 0) is 81.5 Å². The molecule has 3 fully saturated rings. The minimum Gasteiger partial charge on any atom is -0.459 e. The third-order valence-corrected chi connectivity index (χ3v) is 12.1. The Morgan fingerprint density at radius 2 is 1.03 bits per heavy atom. The number of hydrogen-bond donors (Lipinski definition) is 0.